The predicted octanol–water partition coefficient (Wildman–Crippen LogP) is 1.51. The normalized spacial score (nSPS) is 21.2. The van der Waals surface area contributed by atoms with Crippen molar-refractivity contribution in [3.05, 3.63) is 22.8 Å². The van der Waals surface area contributed by atoms with Crippen molar-refractivity contribution in [2.75, 3.05) is 33.7 Å². The lowest BCUT2D eigenvalue weighted by molar-refractivity contribution is 0.109. The minimum absolute atomic E-state index is 0.299. The predicted molar refractivity (Wildman–Crippen MR) is 86.3 cm³/mol. The zero-order chi connectivity index (χ0) is 15.6. The summed E-state index contributed by atoms with van der Waals surface area (Å²) >= 11 is 0. The van der Waals surface area contributed by atoms with E-state index in [0.717, 1.165) is 43.4 Å². The molecule has 1 aromatic rings. The van der Waals surface area contributed by atoms with Gasteiger partial charge in [0.15, 0.2) is 0 Å². The summed E-state index contributed by atoms with van der Waals surface area (Å²) < 4.78 is 0. The van der Waals surface area contributed by atoms with Crippen LogP contribution in [0.15, 0.2) is 0 Å². The van der Waals surface area contributed by atoms with E-state index in [1.54, 1.807) is 0 Å². The molecule has 0 bridgehead atoms. The maximum atomic E-state index is 4.80. The first-order chi connectivity index (χ1) is 9.88. The van der Waals surface area contributed by atoms with Crippen LogP contribution in [0.2, 0.25) is 0 Å². The number of hydrogen-bond acceptors (Lipinski definition) is 5. The van der Waals surface area contributed by atoms with Crippen molar-refractivity contribution < 1.29 is 0 Å². The van der Waals surface area contributed by atoms with E-state index in [9.17, 15) is 0 Å². The summed E-state index contributed by atoms with van der Waals surface area (Å²) in [6.45, 7) is 12.5. The molecule has 0 aliphatic carbocycles. The Bertz CT molecular complexity index is 463. The minimum Gasteiger partial charge on any atom is -0.310 e. The summed E-state index contributed by atoms with van der Waals surface area (Å²) in [6, 6.07) is 0.773. The van der Waals surface area contributed by atoms with Gasteiger partial charge in [0, 0.05) is 49.2 Å². The van der Waals surface area contributed by atoms with Gasteiger partial charge < -0.3 is 10.2 Å². The lowest BCUT2D eigenvalue weighted by atomic mass is 10.1. The molecule has 0 aromatic carbocycles. The average molecular weight is 291 g/mol. The zero-order valence-electron chi connectivity index (χ0n) is 14.3. The first kappa shape index (κ1) is 16.3. The smallest absolute Gasteiger partial charge is 0.147 e. The quantitative estimate of drug-likeness (QED) is 0.911. The molecule has 118 valence electrons. The second-order valence-corrected chi connectivity index (χ2v) is 6.53. The molecule has 1 aliphatic rings. The van der Waals surface area contributed by atoms with Crippen molar-refractivity contribution in [1.29, 1.82) is 0 Å². The van der Waals surface area contributed by atoms with Crippen LogP contribution in [0, 0.1) is 13.8 Å². The van der Waals surface area contributed by atoms with Crippen LogP contribution in [-0.2, 0) is 6.54 Å². The lowest BCUT2D eigenvalue weighted by Crippen LogP contribution is -2.45. The van der Waals surface area contributed by atoms with E-state index >= 15 is 0 Å². The van der Waals surface area contributed by atoms with Gasteiger partial charge in [-0.15, -0.1) is 0 Å². The molecule has 1 atom stereocenters. The Morgan fingerprint density at radius 3 is 2.33 bits per heavy atom. The van der Waals surface area contributed by atoms with Crippen molar-refractivity contribution in [3.63, 3.8) is 0 Å². The maximum Gasteiger partial charge on any atom is 0.147 e. The molecule has 1 saturated heterocycles. The first-order valence-corrected chi connectivity index (χ1v) is 7.84. The van der Waals surface area contributed by atoms with Crippen molar-refractivity contribution in [2.24, 2.45) is 0 Å². The molecular weight excluding hydrogens is 262 g/mol. The summed E-state index contributed by atoms with van der Waals surface area (Å²) in [5.41, 5.74) is 3.44. The molecule has 21 heavy (non-hydrogen) atoms. The monoisotopic (exact) mass is 291 g/mol. The first-order valence-electron chi connectivity index (χ1n) is 7.84. The second-order valence-electron chi connectivity index (χ2n) is 6.53. The van der Waals surface area contributed by atoms with Gasteiger partial charge in [0.2, 0.25) is 0 Å². The van der Waals surface area contributed by atoms with Gasteiger partial charge in [-0.1, -0.05) is 13.8 Å². The molecule has 1 fully saturated rings. The Labute approximate surface area is 128 Å². The fraction of sp³-hybridized carbons (Fsp3) is 0.750. The van der Waals surface area contributed by atoms with Gasteiger partial charge in [-0.05, 0) is 27.9 Å². The molecule has 1 unspecified atom stereocenters. The van der Waals surface area contributed by atoms with Crippen molar-refractivity contribution in [3.8, 4) is 0 Å². The number of nitrogens with one attached hydrogen (secondary N) is 1. The Morgan fingerprint density at radius 1 is 1.14 bits per heavy atom. The van der Waals surface area contributed by atoms with Crippen LogP contribution in [-0.4, -0.2) is 59.5 Å². The Morgan fingerprint density at radius 2 is 1.76 bits per heavy atom. The van der Waals surface area contributed by atoms with Crippen LogP contribution in [0.5, 0.6) is 0 Å². The number of hydrogen-bond donors (Lipinski definition) is 1. The van der Waals surface area contributed by atoms with Crippen molar-refractivity contribution in [1.82, 2.24) is 25.1 Å². The molecule has 0 radical (unpaired) electrons. The summed E-state index contributed by atoms with van der Waals surface area (Å²) in [6.07, 6.45) is 0. The Hall–Kier alpha value is -1.04. The maximum absolute atomic E-state index is 4.80. The molecule has 0 saturated carbocycles. The molecule has 1 aromatic heterocycles. The number of aryl methyl sites for hydroxylation is 2. The third-order valence-electron chi connectivity index (χ3n) is 4.27. The highest BCUT2D eigenvalue weighted by Crippen LogP contribution is 2.22. The summed E-state index contributed by atoms with van der Waals surface area (Å²) in [5, 5.41) is 3.46. The van der Waals surface area contributed by atoms with Gasteiger partial charge >= 0.3 is 0 Å². The fourth-order valence-corrected chi connectivity index (χ4v) is 2.77. The summed E-state index contributed by atoms with van der Waals surface area (Å²) in [4.78, 5) is 14.3. The largest absolute Gasteiger partial charge is 0.310 e. The number of rotatable bonds is 4. The van der Waals surface area contributed by atoms with Crippen molar-refractivity contribution >= 4 is 0 Å². The standard InChI is InChI=1S/C16H29N5/c1-11(2)17-9-14-12(3)18-16(19-13(14)4)15-10-20(5)7-8-21(15)6/h11,15,17H,7-10H2,1-6H3. The molecular formula is C16H29N5. The van der Waals surface area contributed by atoms with E-state index in [4.69, 9.17) is 9.97 Å². The van der Waals surface area contributed by atoms with Crippen LogP contribution in [0.3, 0.4) is 0 Å². The summed E-state index contributed by atoms with van der Waals surface area (Å²) in [5.74, 6) is 0.965. The van der Waals surface area contributed by atoms with Crippen LogP contribution in [0.25, 0.3) is 0 Å². The van der Waals surface area contributed by atoms with Gasteiger partial charge in [-0.3, -0.25) is 4.90 Å². The third kappa shape index (κ3) is 3.99. The highest BCUT2D eigenvalue weighted by atomic mass is 15.3. The van der Waals surface area contributed by atoms with E-state index in [0.29, 0.717) is 12.1 Å². The van der Waals surface area contributed by atoms with Crippen molar-refractivity contribution in [2.45, 2.75) is 46.3 Å². The van der Waals surface area contributed by atoms with E-state index in [-0.39, 0.29) is 0 Å². The van der Waals surface area contributed by atoms with Gasteiger partial charge in [-0.25, -0.2) is 9.97 Å². The number of piperazine rings is 1. The molecule has 2 rings (SSSR count). The van der Waals surface area contributed by atoms with Crippen LogP contribution >= 0.6 is 0 Å². The molecule has 0 amide bonds. The van der Waals surface area contributed by atoms with E-state index in [1.807, 2.05) is 0 Å². The minimum atomic E-state index is 0.299. The Kier molecular flexibility index (Phi) is 5.30. The molecule has 2 heterocycles. The third-order valence-corrected chi connectivity index (χ3v) is 4.27. The van der Waals surface area contributed by atoms with Gasteiger partial charge in [0.1, 0.15) is 5.82 Å². The zero-order valence-corrected chi connectivity index (χ0v) is 14.3. The molecule has 5 nitrogen and oxygen atoms in total. The molecule has 0 spiro atoms. The number of likely N-dealkylation sites (N-methyl/N-ethyl adjacent to an activating group) is 2. The van der Waals surface area contributed by atoms with Gasteiger partial charge in [0.05, 0.1) is 6.04 Å². The Balaban J connectivity index is 2.22. The molecule has 1 N–H and O–H groups in total. The topological polar surface area (TPSA) is 44.3 Å². The van der Waals surface area contributed by atoms with Crippen LogP contribution in [0.4, 0.5) is 0 Å². The summed E-state index contributed by atoms with van der Waals surface area (Å²) in [7, 11) is 4.33. The van der Waals surface area contributed by atoms with Crippen LogP contribution < -0.4 is 5.32 Å². The second kappa shape index (κ2) is 6.81. The molecule has 1 aliphatic heterocycles. The van der Waals surface area contributed by atoms with E-state index in [2.05, 4.69) is 56.9 Å². The lowest BCUT2D eigenvalue weighted by Gasteiger charge is -2.37. The van der Waals surface area contributed by atoms with E-state index < -0.39 is 0 Å². The number of nitrogens with zero attached hydrogens (tertiary/aromatic N) is 4. The van der Waals surface area contributed by atoms with Gasteiger partial charge in [-0.2, -0.15) is 0 Å². The highest BCUT2D eigenvalue weighted by molar-refractivity contribution is 5.25. The van der Waals surface area contributed by atoms with Crippen LogP contribution in [0.1, 0.15) is 42.7 Å². The molecule has 5 heteroatoms. The fourth-order valence-electron chi connectivity index (χ4n) is 2.77. The van der Waals surface area contributed by atoms with E-state index in [1.165, 1.54) is 5.56 Å². The average Bonchev–Trinajstić information content (AvgIpc) is 2.40. The highest BCUT2D eigenvalue weighted by Gasteiger charge is 2.26. The number of aromatic nitrogens is 2. The van der Waals surface area contributed by atoms with Gasteiger partial charge in [0.25, 0.3) is 0 Å². The SMILES string of the molecule is Cc1nc(C2CN(C)CCN2C)nc(C)c1CNC(C)C.